The third kappa shape index (κ3) is 8.83. The van der Waals surface area contributed by atoms with Gasteiger partial charge in [-0.15, -0.1) is 0 Å². The van der Waals surface area contributed by atoms with Crippen molar-refractivity contribution >= 4 is 35.3 Å². The van der Waals surface area contributed by atoms with Crippen LogP contribution in [-0.4, -0.2) is 86.9 Å². The SMILES string of the molecule is CCC[C@H](NC(=O)[C@@H]1C2CCC[C@H]2CN1C(=O)[C@H](NC(=O)[C@H](NC(=O)c1cnccn1)C1CCCCC1)C(C)(C)C)C(=O)C(=O)NC1CC1. The standard InChI is InChI=1S/C36H53N7O6/c1-5-10-25(29(44)34(48)39-23-15-16-23)40-33(47)28-24-14-9-13-22(24)20-43(28)35(49)30(36(2,3)4)42-32(46)27(21-11-7-6-8-12-21)41-31(45)26-19-37-17-18-38-26/h17-19,21-25,27-28,30H,5-16,20H2,1-4H3,(H,39,48)(H,40,47)(H,41,45)(H,42,46)/t22-,24?,25-,27+,28-,30-/m0/s1. The number of rotatable bonds is 13. The molecule has 3 aliphatic carbocycles. The lowest BCUT2D eigenvalue weighted by molar-refractivity contribution is -0.146. The van der Waals surface area contributed by atoms with Gasteiger partial charge in [-0.1, -0.05) is 59.8 Å². The number of Topliss-reactive ketones (excluding diaryl/α,β-unsaturated/α-hetero) is 1. The van der Waals surface area contributed by atoms with Crippen LogP contribution in [0.5, 0.6) is 0 Å². The Kier molecular flexibility index (Phi) is 11.7. The van der Waals surface area contributed by atoms with E-state index in [4.69, 9.17) is 0 Å². The monoisotopic (exact) mass is 679 g/mol. The molecular weight excluding hydrogens is 626 g/mol. The highest BCUT2D eigenvalue weighted by atomic mass is 16.2. The molecule has 5 amide bonds. The van der Waals surface area contributed by atoms with Crippen LogP contribution in [0.15, 0.2) is 18.6 Å². The van der Waals surface area contributed by atoms with E-state index < -0.39 is 59.0 Å². The molecule has 6 atom stereocenters. The number of fused-ring (bicyclic) bond motifs is 1. The summed E-state index contributed by atoms with van der Waals surface area (Å²) in [6, 6.07) is -3.68. The zero-order chi connectivity index (χ0) is 35.3. The molecule has 4 N–H and O–H groups in total. The molecule has 268 valence electrons. The maximum Gasteiger partial charge on any atom is 0.289 e. The largest absolute Gasteiger partial charge is 0.347 e. The van der Waals surface area contributed by atoms with E-state index in [2.05, 4.69) is 31.2 Å². The van der Waals surface area contributed by atoms with E-state index in [9.17, 15) is 28.8 Å². The molecule has 1 aliphatic heterocycles. The summed E-state index contributed by atoms with van der Waals surface area (Å²) in [5, 5.41) is 11.5. The second kappa shape index (κ2) is 15.8. The Labute approximate surface area is 288 Å². The van der Waals surface area contributed by atoms with Gasteiger partial charge in [0.1, 0.15) is 23.8 Å². The smallest absolute Gasteiger partial charge is 0.289 e. The van der Waals surface area contributed by atoms with E-state index in [0.29, 0.717) is 19.4 Å². The Hall–Kier alpha value is -3.90. The van der Waals surface area contributed by atoms with Crippen molar-refractivity contribution in [2.24, 2.45) is 23.2 Å². The minimum atomic E-state index is -0.994. The molecule has 1 saturated heterocycles. The first-order valence-corrected chi connectivity index (χ1v) is 18.2. The van der Waals surface area contributed by atoms with Gasteiger partial charge in [0, 0.05) is 25.0 Å². The number of carbonyl (C=O) groups excluding carboxylic acids is 6. The minimum absolute atomic E-state index is 0.0132. The van der Waals surface area contributed by atoms with Crippen molar-refractivity contribution in [1.82, 2.24) is 36.1 Å². The number of nitrogens with one attached hydrogen (secondary N) is 4. The number of aromatic nitrogens is 2. The summed E-state index contributed by atoms with van der Waals surface area (Å²) in [7, 11) is 0. The normalized spacial score (nSPS) is 24.2. The van der Waals surface area contributed by atoms with Gasteiger partial charge in [0.15, 0.2) is 0 Å². The van der Waals surface area contributed by atoms with Crippen LogP contribution in [0.2, 0.25) is 0 Å². The molecule has 1 unspecified atom stereocenters. The van der Waals surface area contributed by atoms with Crippen LogP contribution < -0.4 is 21.3 Å². The molecule has 0 spiro atoms. The molecule has 2 heterocycles. The molecular formula is C36H53N7O6. The predicted molar refractivity (Wildman–Crippen MR) is 181 cm³/mol. The number of nitrogens with zero attached hydrogens (tertiary/aromatic N) is 3. The highest BCUT2D eigenvalue weighted by Crippen LogP contribution is 2.43. The lowest BCUT2D eigenvalue weighted by Gasteiger charge is -2.38. The van der Waals surface area contributed by atoms with E-state index in [1.807, 2.05) is 27.7 Å². The van der Waals surface area contributed by atoms with Crippen molar-refractivity contribution in [2.45, 2.75) is 135 Å². The molecule has 4 aliphatic rings. The minimum Gasteiger partial charge on any atom is -0.347 e. The number of amides is 5. The van der Waals surface area contributed by atoms with E-state index in [1.165, 1.54) is 18.6 Å². The third-order valence-electron chi connectivity index (χ3n) is 10.7. The van der Waals surface area contributed by atoms with E-state index >= 15 is 0 Å². The maximum absolute atomic E-state index is 14.6. The van der Waals surface area contributed by atoms with E-state index in [1.54, 1.807) is 4.90 Å². The average Bonchev–Trinajstić information content (AvgIpc) is 3.65. The van der Waals surface area contributed by atoms with E-state index in [0.717, 1.165) is 64.2 Å². The van der Waals surface area contributed by atoms with E-state index in [-0.39, 0.29) is 35.4 Å². The Morgan fingerprint density at radius 3 is 2.27 bits per heavy atom. The summed E-state index contributed by atoms with van der Waals surface area (Å²) in [5.74, 6) is -3.20. The summed E-state index contributed by atoms with van der Waals surface area (Å²) >= 11 is 0. The summed E-state index contributed by atoms with van der Waals surface area (Å²) in [4.78, 5) is 91.4. The first kappa shape index (κ1) is 36.4. The maximum atomic E-state index is 14.6. The number of carbonyl (C=O) groups is 6. The van der Waals surface area contributed by atoms with Crippen LogP contribution >= 0.6 is 0 Å². The summed E-state index contributed by atoms with van der Waals surface area (Å²) in [5.41, 5.74) is -0.638. The molecule has 0 bridgehead atoms. The van der Waals surface area contributed by atoms with Gasteiger partial charge in [-0.3, -0.25) is 33.8 Å². The van der Waals surface area contributed by atoms with Gasteiger partial charge in [0.05, 0.1) is 12.2 Å². The molecule has 0 aromatic carbocycles. The van der Waals surface area contributed by atoms with Crippen LogP contribution in [0.1, 0.15) is 115 Å². The van der Waals surface area contributed by atoms with Crippen LogP contribution in [0.3, 0.4) is 0 Å². The predicted octanol–water partition coefficient (Wildman–Crippen LogP) is 2.45. The molecule has 5 rings (SSSR count). The fourth-order valence-corrected chi connectivity index (χ4v) is 7.87. The molecule has 4 fully saturated rings. The molecule has 1 aromatic heterocycles. The zero-order valence-corrected chi connectivity index (χ0v) is 29.3. The number of likely N-dealkylation sites (tertiary alicyclic amines) is 1. The van der Waals surface area contributed by atoms with Crippen molar-refractivity contribution in [3.63, 3.8) is 0 Å². The number of hydrogen-bond donors (Lipinski definition) is 4. The molecule has 1 aromatic rings. The highest BCUT2D eigenvalue weighted by Gasteiger charge is 2.52. The molecule has 0 radical (unpaired) electrons. The van der Waals surface area contributed by atoms with Gasteiger partial charge >= 0.3 is 0 Å². The fourth-order valence-electron chi connectivity index (χ4n) is 7.87. The van der Waals surface area contributed by atoms with Crippen molar-refractivity contribution in [2.75, 3.05) is 6.54 Å². The van der Waals surface area contributed by atoms with Crippen LogP contribution in [-0.2, 0) is 24.0 Å². The topological polar surface area (TPSA) is 180 Å². The summed E-state index contributed by atoms with van der Waals surface area (Å²) in [6.45, 7) is 7.85. The summed E-state index contributed by atoms with van der Waals surface area (Å²) < 4.78 is 0. The van der Waals surface area contributed by atoms with Gasteiger partial charge in [0.2, 0.25) is 23.5 Å². The van der Waals surface area contributed by atoms with Crippen LogP contribution in [0.4, 0.5) is 0 Å². The average molecular weight is 680 g/mol. The van der Waals surface area contributed by atoms with Crippen molar-refractivity contribution in [3.05, 3.63) is 24.3 Å². The van der Waals surface area contributed by atoms with Crippen molar-refractivity contribution in [3.8, 4) is 0 Å². The molecule has 13 heteroatoms. The van der Waals surface area contributed by atoms with Gasteiger partial charge < -0.3 is 26.2 Å². The second-order valence-corrected chi connectivity index (χ2v) is 15.5. The quantitative estimate of drug-likeness (QED) is 0.230. The number of ketones is 1. The Balaban J connectivity index is 1.36. The Morgan fingerprint density at radius 1 is 0.898 bits per heavy atom. The number of hydrogen-bond acceptors (Lipinski definition) is 8. The van der Waals surface area contributed by atoms with Gasteiger partial charge in [0.25, 0.3) is 11.8 Å². The Bertz CT molecular complexity index is 1390. The highest BCUT2D eigenvalue weighted by molar-refractivity contribution is 6.38. The Morgan fingerprint density at radius 2 is 1.63 bits per heavy atom. The third-order valence-corrected chi connectivity index (χ3v) is 10.7. The molecule has 3 saturated carbocycles. The lowest BCUT2D eigenvalue weighted by Crippen LogP contribution is -2.62. The molecule has 49 heavy (non-hydrogen) atoms. The van der Waals surface area contributed by atoms with Gasteiger partial charge in [-0.25, -0.2) is 4.98 Å². The van der Waals surface area contributed by atoms with Crippen molar-refractivity contribution < 1.29 is 28.8 Å². The zero-order valence-electron chi connectivity index (χ0n) is 29.3. The lowest BCUT2D eigenvalue weighted by atomic mass is 9.82. The van der Waals surface area contributed by atoms with Crippen LogP contribution in [0, 0.1) is 23.2 Å². The van der Waals surface area contributed by atoms with Gasteiger partial charge in [-0.2, -0.15) is 0 Å². The first-order valence-electron chi connectivity index (χ1n) is 18.2. The first-order chi connectivity index (χ1) is 23.4. The second-order valence-electron chi connectivity index (χ2n) is 15.5. The van der Waals surface area contributed by atoms with Crippen molar-refractivity contribution in [1.29, 1.82) is 0 Å². The molecule has 13 nitrogen and oxygen atoms in total. The van der Waals surface area contributed by atoms with Gasteiger partial charge in [-0.05, 0) is 68.1 Å². The summed E-state index contributed by atoms with van der Waals surface area (Å²) in [6.07, 6.45) is 13.9. The fraction of sp³-hybridized carbons (Fsp3) is 0.722. The van der Waals surface area contributed by atoms with Crippen LogP contribution in [0.25, 0.3) is 0 Å².